The van der Waals surface area contributed by atoms with Crippen LogP contribution >= 0.6 is 0 Å². The van der Waals surface area contributed by atoms with E-state index in [1.54, 1.807) is 6.20 Å². The molecule has 0 bridgehead atoms. The standard InChI is InChI=1S/C23H25N5O2/c1-27(2)22-25-15-18-7-13-30-23(20(18)26-22)8-11-28(12-9-23)21(29)17-5-6-19-16(14-17)4-3-10-24-19/h3-6,10,14-15H,7-9,11-13H2,1-2H3. The lowest BCUT2D eigenvalue weighted by Crippen LogP contribution is -2.49. The highest BCUT2D eigenvalue weighted by atomic mass is 16.5. The van der Waals surface area contributed by atoms with Crippen LogP contribution in [0.2, 0.25) is 0 Å². The molecular weight excluding hydrogens is 378 g/mol. The van der Waals surface area contributed by atoms with Gasteiger partial charge in [0.15, 0.2) is 0 Å². The molecule has 2 aliphatic rings. The van der Waals surface area contributed by atoms with Crippen LogP contribution in [0.4, 0.5) is 5.95 Å². The number of rotatable bonds is 2. The van der Waals surface area contributed by atoms with E-state index in [0.29, 0.717) is 31.2 Å². The summed E-state index contributed by atoms with van der Waals surface area (Å²) in [7, 11) is 3.89. The fourth-order valence-electron chi connectivity index (χ4n) is 4.46. The van der Waals surface area contributed by atoms with Crippen LogP contribution in [-0.4, -0.2) is 59.6 Å². The molecule has 1 saturated heterocycles. The number of hydrogen-bond acceptors (Lipinski definition) is 6. The van der Waals surface area contributed by atoms with Crippen LogP contribution in [0.1, 0.15) is 34.5 Å². The molecule has 0 atom stereocenters. The van der Waals surface area contributed by atoms with Crippen LogP contribution in [0.5, 0.6) is 0 Å². The maximum absolute atomic E-state index is 13.1. The summed E-state index contributed by atoms with van der Waals surface area (Å²) in [5.41, 5.74) is 3.33. The molecule has 5 rings (SSSR count). The number of nitrogens with zero attached hydrogens (tertiary/aromatic N) is 5. The molecule has 154 valence electrons. The summed E-state index contributed by atoms with van der Waals surface area (Å²) in [5.74, 6) is 0.755. The van der Waals surface area contributed by atoms with Gasteiger partial charge in [0.1, 0.15) is 5.60 Å². The number of aromatic nitrogens is 3. The van der Waals surface area contributed by atoms with Gasteiger partial charge in [-0.15, -0.1) is 0 Å². The van der Waals surface area contributed by atoms with E-state index in [-0.39, 0.29) is 5.91 Å². The van der Waals surface area contributed by atoms with Crippen molar-refractivity contribution in [2.45, 2.75) is 24.9 Å². The molecule has 0 saturated carbocycles. The van der Waals surface area contributed by atoms with Crippen molar-refractivity contribution in [2.75, 3.05) is 38.7 Å². The normalized spacial score (nSPS) is 17.7. The molecule has 2 aromatic heterocycles. The minimum atomic E-state index is -0.425. The van der Waals surface area contributed by atoms with Crippen molar-refractivity contribution in [3.63, 3.8) is 0 Å². The van der Waals surface area contributed by atoms with Crippen LogP contribution in [-0.2, 0) is 16.8 Å². The second-order valence-electron chi connectivity index (χ2n) is 8.23. The molecule has 3 aromatic rings. The fraction of sp³-hybridized carbons (Fsp3) is 0.391. The molecule has 2 aliphatic heterocycles. The van der Waals surface area contributed by atoms with Gasteiger partial charge in [0.2, 0.25) is 5.95 Å². The molecule has 1 fully saturated rings. The van der Waals surface area contributed by atoms with Gasteiger partial charge in [-0.25, -0.2) is 9.97 Å². The molecule has 0 radical (unpaired) electrons. The quantitative estimate of drug-likeness (QED) is 0.655. The molecule has 30 heavy (non-hydrogen) atoms. The Morgan fingerprint density at radius 3 is 2.80 bits per heavy atom. The molecule has 1 aromatic carbocycles. The summed E-state index contributed by atoms with van der Waals surface area (Å²) in [4.78, 5) is 30.6. The monoisotopic (exact) mass is 403 g/mol. The van der Waals surface area contributed by atoms with Crippen molar-refractivity contribution in [2.24, 2.45) is 0 Å². The molecule has 1 amide bonds. The van der Waals surface area contributed by atoms with Crippen molar-refractivity contribution in [3.8, 4) is 0 Å². The number of benzene rings is 1. The van der Waals surface area contributed by atoms with Crippen LogP contribution in [0.3, 0.4) is 0 Å². The second kappa shape index (κ2) is 7.32. The van der Waals surface area contributed by atoms with Gasteiger partial charge in [0.25, 0.3) is 5.91 Å². The Morgan fingerprint density at radius 1 is 1.17 bits per heavy atom. The number of amides is 1. The SMILES string of the molecule is CN(C)c1ncc2c(n1)C1(CCN(C(=O)c3ccc4ncccc4c3)CC1)OCC2. The van der Waals surface area contributed by atoms with Crippen LogP contribution in [0.25, 0.3) is 10.9 Å². The number of ether oxygens (including phenoxy) is 1. The molecule has 4 heterocycles. The summed E-state index contributed by atoms with van der Waals surface area (Å²) in [6.45, 7) is 1.96. The van der Waals surface area contributed by atoms with E-state index in [2.05, 4.69) is 9.97 Å². The molecule has 7 heteroatoms. The molecule has 7 nitrogen and oxygen atoms in total. The Morgan fingerprint density at radius 2 is 2.00 bits per heavy atom. The summed E-state index contributed by atoms with van der Waals surface area (Å²) in [6.07, 6.45) is 6.01. The van der Waals surface area contributed by atoms with Gasteiger partial charge >= 0.3 is 0 Å². The Bertz CT molecular complexity index is 1110. The number of pyridine rings is 1. The van der Waals surface area contributed by atoms with E-state index in [0.717, 1.165) is 41.4 Å². The Balaban J connectivity index is 1.37. The smallest absolute Gasteiger partial charge is 0.253 e. The summed E-state index contributed by atoms with van der Waals surface area (Å²) in [5, 5.41) is 0.981. The van der Waals surface area contributed by atoms with Crippen molar-refractivity contribution in [1.29, 1.82) is 0 Å². The van der Waals surface area contributed by atoms with Gasteiger partial charge in [-0.2, -0.15) is 0 Å². The van der Waals surface area contributed by atoms with E-state index < -0.39 is 5.60 Å². The first-order valence-corrected chi connectivity index (χ1v) is 10.4. The van der Waals surface area contributed by atoms with Crippen LogP contribution < -0.4 is 4.90 Å². The first kappa shape index (κ1) is 18.9. The number of anilines is 1. The van der Waals surface area contributed by atoms with E-state index in [1.807, 2.05) is 60.4 Å². The topological polar surface area (TPSA) is 71.5 Å². The zero-order valence-corrected chi connectivity index (χ0v) is 17.3. The highest BCUT2D eigenvalue weighted by Crippen LogP contribution is 2.41. The van der Waals surface area contributed by atoms with Gasteiger partial charge in [0, 0.05) is 50.5 Å². The first-order valence-electron chi connectivity index (χ1n) is 10.4. The van der Waals surface area contributed by atoms with Crippen LogP contribution in [0, 0.1) is 0 Å². The third kappa shape index (κ3) is 3.19. The number of carbonyl (C=O) groups excluding carboxylic acids is 1. The Labute approximate surface area is 175 Å². The molecule has 0 N–H and O–H groups in total. The number of likely N-dealkylation sites (tertiary alicyclic amines) is 1. The number of fused-ring (bicyclic) bond motifs is 3. The number of piperidine rings is 1. The van der Waals surface area contributed by atoms with Gasteiger partial charge < -0.3 is 14.5 Å². The zero-order valence-electron chi connectivity index (χ0n) is 17.3. The average Bonchev–Trinajstić information content (AvgIpc) is 2.79. The summed E-state index contributed by atoms with van der Waals surface area (Å²) < 4.78 is 6.30. The lowest BCUT2D eigenvalue weighted by atomic mass is 9.83. The molecular formula is C23H25N5O2. The van der Waals surface area contributed by atoms with E-state index in [1.165, 1.54) is 0 Å². The third-order valence-electron chi connectivity index (χ3n) is 6.14. The second-order valence-corrected chi connectivity index (χ2v) is 8.23. The first-order chi connectivity index (χ1) is 14.6. The largest absolute Gasteiger partial charge is 0.368 e. The van der Waals surface area contributed by atoms with Gasteiger partial charge in [-0.3, -0.25) is 9.78 Å². The number of hydrogen-bond donors (Lipinski definition) is 0. The molecule has 0 aliphatic carbocycles. The summed E-state index contributed by atoms with van der Waals surface area (Å²) >= 11 is 0. The summed E-state index contributed by atoms with van der Waals surface area (Å²) in [6, 6.07) is 9.58. The Kier molecular flexibility index (Phi) is 4.62. The van der Waals surface area contributed by atoms with E-state index >= 15 is 0 Å². The predicted molar refractivity (Wildman–Crippen MR) is 115 cm³/mol. The van der Waals surface area contributed by atoms with Crippen LogP contribution in [0.15, 0.2) is 42.7 Å². The molecule has 0 unspecified atom stereocenters. The maximum Gasteiger partial charge on any atom is 0.253 e. The van der Waals surface area contributed by atoms with Crippen molar-refractivity contribution in [3.05, 3.63) is 59.5 Å². The van der Waals surface area contributed by atoms with Gasteiger partial charge in [-0.05, 0) is 49.1 Å². The predicted octanol–water partition coefficient (Wildman–Crippen LogP) is 2.80. The highest BCUT2D eigenvalue weighted by molar-refractivity contribution is 5.98. The van der Waals surface area contributed by atoms with Crippen molar-refractivity contribution >= 4 is 22.8 Å². The molecule has 1 spiro atoms. The fourth-order valence-corrected chi connectivity index (χ4v) is 4.46. The van der Waals surface area contributed by atoms with Gasteiger partial charge in [-0.1, -0.05) is 6.07 Å². The Hall–Kier alpha value is -3.06. The van der Waals surface area contributed by atoms with Crippen molar-refractivity contribution in [1.82, 2.24) is 19.9 Å². The van der Waals surface area contributed by atoms with E-state index in [9.17, 15) is 4.79 Å². The minimum absolute atomic E-state index is 0.0586. The highest BCUT2D eigenvalue weighted by Gasteiger charge is 2.43. The lowest BCUT2D eigenvalue weighted by Gasteiger charge is -2.44. The zero-order chi connectivity index (χ0) is 20.7. The minimum Gasteiger partial charge on any atom is -0.368 e. The third-order valence-corrected chi connectivity index (χ3v) is 6.14. The van der Waals surface area contributed by atoms with E-state index in [4.69, 9.17) is 9.72 Å². The number of carbonyl (C=O) groups is 1. The maximum atomic E-state index is 13.1. The lowest BCUT2D eigenvalue weighted by molar-refractivity contribution is -0.0967. The van der Waals surface area contributed by atoms with Crippen molar-refractivity contribution < 1.29 is 9.53 Å². The average molecular weight is 403 g/mol. The van der Waals surface area contributed by atoms with Gasteiger partial charge in [0.05, 0.1) is 17.8 Å².